The quantitative estimate of drug-likeness (QED) is 0.765. The molecule has 1 aliphatic carbocycles. The molecule has 0 radical (unpaired) electrons. The molecular formula is C11H12N4OS. The van der Waals surface area contributed by atoms with E-state index in [0.717, 1.165) is 17.7 Å². The van der Waals surface area contributed by atoms with Crippen molar-refractivity contribution in [2.45, 2.75) is 25.7 Å². The van der Waals surface area contributed by atoms with Crippen LogP contribution in [0.5, 0.6) is 0 Å². The van der Waals surface area contributed by atoms with Gasteiger partial charge in [-0.05, 0) is 36.1 Å². The van der Waals surface area contributed by atoms with E-state index in [0.29, 0.717) is 5.82 Å². The van der Waals surface area contributed by atoms with E-state index in [1.165, 1.54) is 21.7 Å². The summed E-state index contributed by atoms with van der Waals surface area (Å²) in [4.78, 5) is 15.6. The van der Waals surface area contributed by atoms with Crippen molar-refractivity contribution < 1.29 is 4.79 Å². The second-order valence-corrected chi connectivity index (χ2v) is 5.34. The molecule has 0 amide bonds. The fourth-order valence-corrected chi connectivity index (χ4v) is 3.28. The third-order valence-corrected chi connectivity index (χ3v) is 4.17. The summed E-state index contributed by atoms with van der Waals surface area (Å²) in [5, 5.41) is 11.6. The first-order chi connectivity index (χ1) is 8.22. The summed E-state index contributed by atoms with van der Waals surface area (Å²) in [6.07, 6.45) is 3.70. The number of carbonyl (C=O) groups is 1. The van der Waals surface area contributed by atoms with Gasteiger partial charge in [0.2, 0.25) is 0 Å². The molecule has 88 valence electrons. The highest BCUT2D eigenvalue weighted by atomic mass is 32.1. The number of nitrogens with zero attached hydrogens (tertiary/aromatic N) is 4. The van der Waals surface area contributed by atoms with Crippen LogP contribution in [0.15, 0.2) is 6.07 Å². The van der Waals surface area contributed by atoms with Gasteiger partial charge in [0.15, 0.2) is 11.6 Å². The van der Waals surface area contributed by atoms with E-state index in [9.17, 15) is 4.79 Å². The van der Waals surface area contributed by atoms with E-state index in [1.54, 1.807) is 18.4 Å². The van der Waals surface area contributed by atoms with Gasteiger partial charge in [-0.15, -0.1) is 21.5 Å². The van der Waals surface area contributed by atoms with E-state index in [4.69, 9.17) is 0 Å². The Hall–Kier alpha value is -1.56. The SMILES string of the molecule is Cn1nnc(CC(=O)c2cc3c(s2)CCC3)n1. The molecule has 0 unspecified atom stereocenters. The number of aryl methyl sites for hydroxylation is 3. The average molecular weight is 248 g/mol. The lowest BCUT2D eigenvalue weighted by atomic mass is 10.2. The molecule has 17 heavy (non-hydrogen) atoms. The van der Waals surface area contributed by atoms with Gasteiger partial charge in [0.25, 0.3) is 0 Å². The highest BCUT2D eigenvalue weighted by Crippen LogP contribution is 2.31. The lowest BCUT2D eigenvalue weighted by molar-refractivity contribution is 0.0994. The summed E-state index contributed by atoms with van der Waals surface area (Å²) in [6, 6.07) is 2.03. The molecule has 0 fully saturated rings. The number of hydrogen-bond acceptors (Lipinski definition) is 5. The van der Waals surface area contributed by atoms with E-state index < -0.39 is 0 Å². The molecule has 0 N–H and O–H groups in total. The van der Waals surface area contributed by atoms with Crippen molar-refractivity contribution in [1.82, 2.24) is 20.2 Å². The lowest BCUT2D eigenvalue weighted by Crippen LogP contribution is -2.03. The Bertz CT molecular complexity index is 550. The zero-order chi connectivity index (χ0) is 11.8. The minimum absolute atomic E-state index is 0.0948. The summed E-state index contributed by atoms with van der Waals surface area (Å²) in [7, 11) is 1.70. The van der Waals surface area contributed by atoms with Crippen LogP contribution in [0.4, 0.5) is 0 Å². The van der Waals surface area contributed by atoms with Crippen LogP contribution < -0.4 is 0 Å². The molecule has 0 saturated carbocycles. The van der Waals surface area contributed by atoms with Gasteiger partial charge < -0.3 is 0 Å². The van der Waals surface area contributed by atoms with Gasteiger partial charge >= 0.3 is 0 Å². The zero-order valence-electron chi connectivity index (χ0n) is 9.51. The lowest BCUT2D eigenvalue weighted by Gasteiger charge is -1.93. The monoisotopic (exact) mass is 248 g/mol. The molecule has 0 bridgehead atoms. The number of ketones is 1. The number of aromatic nitrogens is 4. The molecule has 2 aromatic rings. The summed E-state index contributed by atoms with van der Waals surface area (Å²) < 4.78 is 0. The predicted molar refractivity (Wildman–Crippen MR) is 63.2 cm³/mol. The average Bonchev–Trinajstić information content (AvgIpc) is 2.92. The second-order valence-electron chi connectivity index (χ2n) is 4.21. The van der Waals surface area contributed by atoms with Gasteiger partial charge in [-0.3, -0.25) is 4.79 Å². The predicted octanol–water partition coefficient (Wildman–Crippen LogP) is 1.19. The number of thiophene rings is 1. The number of Topliss-reactive ketones (excluding diaryl/α,β-unsaturated/α-hetero) is 1. The van der Waals surface area contributed by atoms with Gasteiger partial charge in [-0.1, -0.05) is 0 Å². The van der Waals surface area contributed by atoms with Crippen molar-refractivity contribution in [3.8, 4) is 0 Å². The van der Waals surface area contributed by atoms with Gasteiger partial charge in [0.1, 0.15) is 0 Å². The standard InChI is InChI=1S/C11H12N4OS/c1-15-13-11(12-14-15)6-8(16)10-5-7-3-2-4-9(7)17-10/h5H,2-4,6H2,1H3. The van der Waals surface area contributed by atoms with Crippen molar-refractivity contribution in [2.75, 3.05) is 0 Å². The molecule has 5 nitrogen and oxygen atoms in total. The van der Waals surface area contributed by atoms with Crippen molar-refractivity contribution >= 4 is 17.1 Å². The van der Waals surface area contributed by atoms with Crippen molar-refractivity contribution in [1.29, 1.82) is 0 Å². The topological polar surface area (TPSA) is 60.7 Å². The van der Waals surface area contributed by atoms with Crippen LogP contribution >= 0.6 is 11.3 Å². The molecule has 6 heteroatoms. The van der Waals surface area contributed by atoms with Crippen LogP contribution in [-0.2, 0) is 26.3 Å². The Labute approximate surface area is 102 Å². The van der Waals surface area contributed by atoms with Crippen LogP contribution in [0, 0.1) is 0 Å². The van der Waals surface area contributed by atoms with Crippen molar-refractivity contribution in [3.63, 3.8) is 0 Å². The van der Waals surface area contributed by atoms with Gasteiger partial charge in [0.05, 0.1) is 18.3 Å². The first-order valence-electron chi connectivity index (χ1n) is 5.60. The molecule has 0 aromatic carbocycles. The Morgan fingerprint density at radius 1 is 1.53 bits per heavy atom. The van der Waals surface area contributed by atoms with Crippen LogP contribution in [0.25, 0.3) is 0 Å². The smallest absolute Gasteiger partial charge is 0.182 e. The number of rotatable bonds is 3. The second kappa shape index (κ2) is 4.03. The number of fused-ring (bicyclic) bond motifs is 1. The summed E-state index contributed by atoms with van der Waals surface area (Å²) in [5.74, 6) is 0.587. The Balaban J connectivity index is 1.77. The molecule has 1 aliphatic rings. The van der Waals surface area contributed by atoms with Crippen molar-refractivity contribution in [3.05, 3.63) is 27.2 Å². The summed E-state index contributed by atoms with van der Waals surface area (Å²) in [5.41, 5.74) is 1.35. The maximum Gasteiger partial charge on any atom is 0.182 e. The molecular weight excluding hydrogens is 236 g/mol. The van der Waals surface area contributed by atoms with E-state index in [2.05, 4.69) is 15.4 Å². The fourth-order valence-electron chi connectivity index (χ4n) is 2.09. The number of tetrazole rings is 1. The van der Waals surface area contributed by atoms with E-state index in [1.807, 2.05) is 6.07 Å². The maximum absolute atomic E-state index is 12.0. The van der Waals surface area contributed by atoms with Crippen LogP contribution in [0.3, 0.4) is 0 Å². The number of carbonyl (C=O) groups excluding carboxylic acids is 1. The number of hydrogen-bond donors (Lipinski definition) is 0. The minimum atomic E-state index is 0.0948. The minimum Gasteiger partial charge on any atom is -0.293 e. The van der Waals surface area contributed by atoms with Crippen molar-refractivity contribution in [2.24, 2.45) is 7.05 Å². The molecule has 0 saturated heterocycles. The largest absolute Gasteiger partial charge is 0.293 e. The third kappa shape index (κ3) is 2.00. The third-order valence-electron chi connectivity index (χ3n) is 2.89. The Morgan fingerprint density at radius 2 is 2.41 bits per heavy atom. The Kier molecular flexibility index (Phi) is 2.51. The molecule has 3 rings (SSSR count). The molecule has 2 aromatic heterocycles. The summed E-state index contributed by atoms with van der Waals surface area (Å²) in [6.45, 7) is 0. The normalized spacial score (nSPS) is 13.9. The van der Waals surface area contributed by atoms with Gasteiger partial charge in [-0.25, -0.2) is 0 Å². The van der Waals surface area contributed by atoms with E-state index in [-0.39, 0.29) is 12.2 Å². The molecule has 0 spiro atoms. The van der Waals surface area contributed by atoms with Gasteiger partial charge in [-0.2, -0.15) is 4.80 Å². The molecule has 0 aliphatic heterocycles. The zero-order valence-corrected chi connectivity index (χ0v) is 10.3. The Morgan fingerprint density at radius 3 is 3.12 bits per heavy atom. The molecule has 0 atom stereocenters. The highest BCUT2D eigenvalue weighted by molar-refractivity contribution is 7.14. The molecule has 2 heterocycles. The van der Waals surface area contributed by atoms with Crippen LogP contribution in [0.2, 0.25) is 0 Å². The first kappa shape index (κ1) is 10.6. The maximum atomic E-state index is 12.0. The van der Waals surface area contributed by atoms with E-state index >= 15 is 0 Å². The summed E-state index contributed by atoms with van der Waals surface area (Å²) >= 11 is 1.62. The highest BCUT2D eigenvalue weighted by Gasteiger charge is 2.19. The first-order valence-corrected chi connectivity index (χ1v) is 6.41. The fraction of sp³-hybridized carbons (Fsp3) is 0.455. The van der Waals surface area contributed by atoms with Crippen LogP contribution in [0.1, 0.15) is 32.4 Å². The van der Waals surface area contributed by atoms with Gasteiger partial charge in [0, 0.05) is 4.88 Å². The van der Waals surface area contributed by atoms with Crippen LogP contribution in [-0.4, -0.2) is 26.0 Å².